The Morgan fingerprint density at radius 2 is 2.06 bits per heavy atom. The Hall–Kier alpha value is -3.80. The van der Waals surface area contributed by atoms with Crippen LogP contribution in [0.1, 0.15) is 53.5 Å². The monoisotopic (exact) mass is 451 g/mol. The van der Waals surface area contributed by atoms with Gasteiger partial charge in [0.1, 0.15) is 6.07 Å². The first-order valence-corrected chi connectivity index (χ1v) is 10.6. The third kappa shape index (κ3) is 4.29. The van der Waals surface area contributed by atoms with Crippen LogP contribution < -0.4 is 10.2 Å². The average Bonchev–Trinajstić information content (AvgIpc) is 3.04. The first-order valence-electron chi connectivity index (χ1n) is 10.6. The molecule has 0 amide bonds. The van der Waals surface area contributed by atoms with Gasteiger partial charge in [-0.25, -0.2) is 23.5 Å². The lowest BCUT2D eigenvalue weighted by Gasteiger charge is -2.24. The molecule has 33 heavy (non-hydrogen) atoms. The van der Waals surface area contributed by atoms with Crippen molar-refractivity contribution < 1.29 is 18.7 Å². The van der Waals surface area contributed by atoms with E-state index in [-0.39, 0.29) is 29.5 Å². The molecule has 0 bridgehead atoms. The fourth-order valence-corrected chi connectivity index (χ4v) is 4.33. The molecule has 1 aliphatic heterocycles. The van der Waals surface area contributed by atoms with Crippen molar-refractivity contribution in [3.8, 4) is 6.07 Å². The molecule has 1 aromatic heterocycles. The zero-order valence-corrected chi connectivity index (χ0v) is 18.4. The highest BCUT2D eigenvalue weighted by Crippen LogP contribution is 2.37. The molecule has 3 aromatic rings. The van der Waals surface area contributed by atoms with Crippen molar-refractivity contribution in [3.63, 3.8) is 0 Å². The van der Waals surface area contributed by atoms with Crippen LogP contribution >= 0.6 is 0 Å². The fourth-order valence-electron chi connectivity index (χ4n) is 4.33. The largest absolute Gasteiger partial charge is 0.478 e. The number of carbonyl (C=O) groups is 1. The topological polar surface area (TPSA) is 102 Å². The number of benzene rings is 2. The van der Waals surface area contributed by atoms with E-state index in [1.807, 2.05) is 26.0 Å². The summed E-state index contributed by atoms with van der Waals surface area (Å²) >= 11 is 0. The Morgan fingerprint density at radius 3 is 2.70 bits per heavy atom. The van der Waals surface area contributed by atoms with Crippen LogP contribution in [0, 0.1) is 18.3 Å². The van der Waals surface area contributed by atoms with Gasteiger partial charge in [0.05, 0.1) is 29.2 Å². The highest BCUT2D eigenvalue weighted by molar-refractivity contribution is 5.94. The van der Waals surface area contributed by atoms with Gasteiger partial charge >= 0.3 is 5.97 Å². The molecule has 7 nitrogen and oxygen atoms in total. The smallest absolute Gasteiger partial charge is 0.337 e. The summed E-state index contributed by atoms with van der Waals surface area (Å²) in [6.45, 7) is 4.89. The summed E-state index contributed by atoms with van der Waals surface area (Å²) in [5, 5.41) is 22.4. The SMILES string of the molecule is Cc1cc([C@@H](C)Nc2ccccc2C(=O)O)c2nc(N3CC(F)(F)C[C@H]3C)c(C#N)nc2c1. The molecule has 2 N–H and O–H groups in total. The van der Waals surface area contributed by atoms with Crippen LogP contribution in [0.2, 0.25) is 0 Å². The summed E-state index contributed by atoms with van der Waals surface area (Å²) in [7, 11) is 0. The number of aromatic carboxylic acids is 1. The Labute approximate surface area is 189 Å². The molecular weight excluding hydrogens is 428 g/mol. The zero-order valence-electron chi connectivity index (χ0n) is 18.4. The van der Waals surface area contributed by atoms with Gasteiger partial charge in [-0.2, -0.15) is 5.26 Å². The average molecular weight is 451 g/mol. The molecular formula is C24H23F2N5O2. The minimum atomic E-state index is -2.87. The van der Waals surface area contributed by atoms with E-state index in [2.05, 4.69) is 15.3 Å². The molecule has 1 aliphatic rings. The molecule has 170 valence electrons. The molecule has 0 unspecified atom stereocenters. The highest BCUT2D eigenvalue weighted by Gasteiger charge is 2.44. The molecule has 2 aromatic carbocycles. The van der Waals surface area contributed by atoms with Crippen molar-refractivity contribution >= 4 is 28.5 Å². The first kappa shape index (κ1) is 22.4. The number of alkyl halides is 2. The molecule has 4 rings (SSSR count). The summed E-state index contributed by atoms with van der Waals surface area (Å²) in [5.74, 6) is -3.78. The number of nitrogens with one attached hydrogen (secondary N) is 1. The van der Waals surface area contributed by atoms with E-state index in [9.17, 15) is 23.9 Å². The van der Waals surface area contributed by atoms with E-state index in [0.29, 0.717) is 16.7 Å². The number of anilines is 2. The second-order valence-corrected chi connectivity index (χ2v) is 8.48. The maximum atomic E-state index is 14.1. The summed E-state index contributed by atoms with van der Waals surface area (Å²) in [5.41, 5.74) is 3.14. The minimum Gasteiger partial charge on any atom is -0.478 e. The van der Waals surface area contributed by atoms with E-state index in [4.69, 9.17) is 0 Å². The summed E-state index contributed by atoms with van der Waals surface area (Å²) in [6, 6.07) is 11.4. The first-order chi connectivity index (χ1) is 15.6. The van der Waals surface area contributed by atoms with Gasteiger partial charge in [0.25, 0.3) is 5.92 Å². The second-order valence-electron chi connectivity index (χ2n) is 8.48. The minimum absolute atomic E-state index is 0.000403. The normalized spacial score (nSPS) is 18.2. The number of hydrogen-bond acceptors (Lipinski definition) is 6. The van der Waals surface area contributed by atoms with Crippen LogP contribution in [0.15, 0.2) is 36.4 Å². The van der Waals surface area contributed by atoms with Crippen LogP contribution in [0.4, 0.5) is 20.3 Å². The number of fused-ring (bicyclic) bond motifs is 1. The summed E-state index contributed by atoms with van der Waals surface area (Å²) < 4.78 is 28.1. The van der Waals surface area contributed by atoms with Crippen molar-refractivity contribution in [2.24, 2.45) is 0 Å². The Kier molecular flexibility index (Phi) is 5.62. The number of aryl methyl sites for hydroxylation is 1. The van der Waals surface area contributed by atoms with E-state index < -0.39 is 24.5 Å². The highest BCUT2D eigenvalue weighted by atomic mass is 19.3. The second kappa shape index (κ2) is 8.28. The molecule has 9 heteroatoms. The van der Waals surface area contributed by atoms with Crippen LogP contribution in [-0.4, -0.2) is 39.6 Å². The number of nitriles is 1. The Bertz CT molecular complexity index is 1290. The van der Waals surface area contributed by atoms with Gasteiger partial charge in [-0.1, -0.05) is 18.2 Å². The van der Waals surface area contributed by atoms with E-state index in [1.165, 1.54) is 11.0 Å². The summed E-state index contributed by atoms with van der Waals surface area (Å²) in [6.07, 6.45) is -0.317. The van der Waals surface area contributed by atoms with Crippen molar-refractivity contribution in [2.75, 3.05) is 16.8 Å². The molecule has 0 spiro atoms. The number of para-hydroxylation sites is 1. The molecule has 0 saturated carbocycles. The molecule has 0 radical (unpaired) electrons. The standard InChI is InChI=1S/C24H23F2N5O2/c1-13-8-17(15(3)28-18-7-5-4-6-16(18)23(32)33)21-19(9-13)29-20(11-27)22(30-21)31-12-24(25,26)10-14(31)2/h4-9,14-15,28H,10,12H2,1-3H3,(H,32,33)/t14-,15-/m1/s1. The number of rotatable bonds is 5. The molecule has 0 aliphatic carbocycles. The predicted molar refractivity (Wildman–Crippen MR) is 121 cm³/mol. The summed E-state index contributed by atoms with van der Waals surface area (Å²) in [4.78, 5) is 22.1. The van der Waals surface area contributed by atoms with Crippen molar-refractivity contribution in [1.82, 2.24) is 9.97 Å². The molecule has 1 saturated heterocycles. The van der Waals surface area contributed by atoms with Gasteiger partial charge in [0.15, 0.2) is 11.5 Å². The maximum absolute atomic E-state index is 14.1. The number of carboxylic acids is 1. The van der Waals surface area contributed by atoms with Crippen LogP contribution in [0.25, 0.3) is 11.0 Å². The van der Waals surface area contributed by atoms with Crippen LogP contribution in [-0.2, 0) is 0 Å². The quantitative estimate of drug-likeness (QED) is 0.568. The van der Waals surface area contributed by atoms with Gasteiger partial charge in [0, 0.05) is 23.7 Å². The van der Waals surface area contributed by atoms with E-state index >= 15 is 0 Å². The molecule has 2 heterocycles. The van der Waals surface area contributed by atoms with Gasteiger partial charge in [-0.05, 0) is 44.5 Å². The third-order valence-corrected chi connectivity index (χ3v) is 5.83. The van der Waals surface area contributed by atoms with Crippen molar-refractivity contribution in [1.29, 1.82) is 5.26 Å². The number of halogens is 2. The predicted octanol–water partition coefficient (Wildman–Crippen LogP) is 4.92. The lowest BCUT2D eigenvalue weighted by Crippen LogP contribution is -2.30. The van der Waals surface area contributed by atoms with Crippen LogP contribution in [0.3, 0.4) is 0 Å². The lowest BCUT2D eigenvalue weighted by atomic mass is 10.0. The third-order valence-electron chi connectivity index (χ3n) is 5.83. The Balaban J connectivity index is 1.82. The van der Waals surface area contributed by atoms with Gasteiger partial charge < -0.3 is 15.3 Å². The van der Waals surface area contributed by atoms with Crippen molar-refractivity contribution in [3.05, 3.63) is 58.8 Å². The van der Waals surface area contributed by atoms with E-state index in [1.54, 1.807) is 31.2 Å². The van der Waals surface area contributed by atoms with Gasteiger partial charge in [-0.15, -0.1) is 0 Å². The number of aromatic nitrogens is 2. The van der Waals surface area contributed by atoms with Gasteiger partial charge in [-0.3, -0.25) is 0 Å². The van der Waals surface area contributed by atoms with Crippen LogP contribution in [0.5, 0.6) is 0 Å². The molecule has 2 atom stereocenters. The van der Waals surface area contributed by atoms with Crippen molar-refractivity contribution in [2.45, 2.75) is 45.2 Å². The number of hydrogen-bond donors (Lipinski definition) is 2. The van der Waals surface area contributed by atoms with Gasteiger partial charge in [0.2, 0.25) is 0 Å². The zero-order chi connectivity index (χ0) is 23.9. The lowest BCUT2D eigenvalue weighted by molar-refractivity contribution is 0.0229. The fraction of sp³-hybridized carbons (Fsp3) is 0.333. The number of carboxylic acid groups (broad SMARTS) is 1. The maximum Gasteiger partial charge on any atom is 0.337 e. The molecule has 1 fully saturated rings. The Morgan fingerprint density at radius 1 is 1.33 bits per heavy atom. The number of nitrogens with zero attached hydrogens (tertiary/aromatic N) is 4. The van der Waals surface area contributed by atoms with E-state index in [0.717, 1.165) is 11.1 Å².